The third-order valence-corrected chi connectivity index (χ3v) is 10.3. The van der Waals surface area contributed by atoms with Gasteiger partial charge in [0, 0.05) is 5.92 Å². The van der Waals surface area contributed by atoms with E-state index in [0.717, 1.165) is 12.8 Å². The van der Waals surface area contributed by atoms with E-state index >= 15 is 0 Å². The zero-order valence-electron chi connectivity index (χ0n) is 17.8. The molecule has 0 aromatic carbocycles. The lowest BCUT2D eigenvalue weighted by molar-refractivity contribution is -0.272. The summed E-state index contributed by atoms with van der Waals surface area (Å²) in [4.78, 5) is 12.9. The molecule has 3 rings (SSSR count). The predicted molar refractivity (Wildman–Crippen MR) is 105 cm³/mol. The Morgan fingerprint density at radius 1 is 1.12 bits per heavy atom. The summed E-state index contributed by atoms with van der Waals surface area (Å²) in [6.07, 6.45) is 3.49. The third-order valence-electron chi connectivity index (χ3n) is 8.51. The van der Waals surface area contributed by atoms with Crippen LogP contribution in [-0.2, 0) is 14.8 Å². The summed E-state index contributed by atoms with van der Waals surface area (Å²) < 4.78 is 28.9. The molecule has 0 saturated heterocycles. The number of carbonyl (C=O) groups excluding carboxylic acids is 1. The molecule has 6 unspecified atom stereocenters. The molecule has 0 spiro atoms. The van der Waals surface area contributed by atoms with Gasteiger partial charge in [-0.2, -0.15) is 0 Å². The first-order valence-electron chi connectivity index (χ1n) is 10.1. The van der Waals surface area contributed by atoms with Crippen molar-refractivity contribution >= 4 is 15.9 Å². The Morgan fingerprint density at radius 3 is 2.08 bits per heavy atom. The van der Waals surface area contributed by atoms with Crippen LogP contribution in [0.2, 0.25) is 0 Å². The van der Waals surface area contributed by atoms with Crippen LogP contribution >= 0.6 is 0 Å². The molecule has 0 aromatic heterocycles. The van der Waals surface area contributed by atoms with Crippen molar-refractivity contribution in [1.82, 2.24) is 4.72 Å². The van der Waals surface area contributed by atoms with Crippen LogP contribution in [0.1, 0.15) is 81.1 Å². The van der Waals surface area contributed by atoms with Crippen LogP contribution in [0.25, 0.3) is 0 Å². The van der Waals surface area contributed by atoms with Gasteiger partial charge >= 0.3 is 0 Å². The number of hydrogen-bond donors (Lipinski definition) is 1. The van der Waals surface area contributed by atoms with Gasteiger partial charge in [0.15, 0.2) is 0 Å². The molecule has 4 nitrogen and oxygen atoms in total. The van der Waals surface area contributed by atoms with E-state index < -0.39 is 15.3 Å². The Bertz CT molecular complexity index is 722. The first-order chi connectivity index (χ1) is 11.6. The second-order valence-corrected chi connectivity index (χ2v) is 13.5. The van der Waals surface area contributed by atoms with Crippen LogP contribution in [-0.4, -0.2) is 19.6 Å². The summed E-state index contributed by atoms with van der Waals surface area (Å²) in [5, 5.41) is -0.420. The average molecular weight is 384 g/mol. The molecule has 5 heteroatoms. The number of rotatable bonds is 5. The quantitative estimate of drug-likeness (QED) is 0.767. The Morgan fingerprint density at radius 2 is 1.65 bits per heavy atom. The molecule has 6 atom stereocenters. The van der Waals surface area contributed by atoms with Crippen molar-refractivity contribution in [2.45, 2.75) is 86.3 Å². The largest absolute Gasteiger partial charge is 0.274 e. The Balaban J connectivity index is 1.79. The fourth-order valence-electron chi connectivity index (χ4n) is 6.90. The lowest BCUT2D eigenvalue weighted by atomic mass is 9.29. The van der Waals surface area contributed by atoms with Crippen LogP contribution in [0, 0.1) is 39.4 Å². The molecular formula is C21H37NO3S. The van der Waals surface area contributed by atoms with Crippen molar-refractivity contribution in [1.29, 1.82) is 0 Å². The zero-order chi connectivity index (χ0) is 19.9. The molecule has 0 aliphatic heterocycles. The van der Waals surface area contributed by atoms with Crippen molar-refractivity contribution in [3.05, 3.63) is 0 Å². The smallest absolute Gasteiger partial charge is 0.238 e. The van der Waals surface area contributed by atoms with E-state index in [0.29, 0.717) is 24.2 Å². The Hall–Kier alpha value is -0.580. The minimum absolute atomic E-state index is 0.106. The number of carbonyl (C=O) groups is 1. The summed E-state index contributed by atoms with van der Waals surface area (Å²) in [7, 11) is -3.64. The number of hydrogen-bond acceptors (Lipinski definition) is 3. The summed E-state index contributed by atoms with van der Waals surface area (Å²) >= 11 is 0. The summed E-state index contributed by atoms with van der Waals surface area (Å²) in [5.74, 6) is -0.0778. The SMILES string of the molecule is CC(C)CC(C(=O)NS(=O)(=O)C1CC2(C)CC3(C)CC1C32C)C(C)(C)C. The first-order valence-corrected chi connectivity index (χ1v) is 11.7. The molecule has 0 heterocycles. The average Bonchev–Trinajstić information content (AvgIpc) is 2.56. The van der Waals surface area contributed by atoms with Crippen LogP contribution in [0.5, 0.6) is 0 Å². The highest BCUT2D eigenvalue weighted by Gasteiger charge is 2.82. The minimum Gasteiger partial charge on any atom is -0.274 e. The van der Waals surface area contributed by atoms with Crippen LogP contribution in [0.3, 0.4) is 0 Å². The van der Waals surface area contributed by atoms with E-state index in [1.165, 1.54) is 0 Å². The van der Waals surface area contributed by atoms with Gasteiger partial charge < -0.3 is 0 Å². The summed E-state index contributed by atoms with van der Waals surface area (Å²) in [6.45, 7) is 17.0. The standard InChI is InChI=1S/C21H37NO3S/c1-13(2)9-14(18(3,4)5)17(23)22-26(24,25)16-11-20(7)12-19(6)10-15(16)21(19,20)8/h13-16H,9-12H2,1-8H3,(H,22,23). The van der Waals surface area contributed by atoms with E-state index in [-0.39, 0.29) is 34.0 Å². The molecule has 3 aliphatic carbocycles. The highest BCUT2D eigenvalue weighted by atomic mass is 32.2. The maximum Gasteiger partial charge on any atom is 0.238 e. The molecule has 1 N–H and O–H groups in total. The van der Waals surface area contributed by atoms with Gasteiger partial charge in [-0.25, -0.2) is 8.42 Å². The van der Waals surface area contributed by atoms with Gasteiger partial charge in [-0.05, 0) is 59.2 Å². The van der Waals surface area contributed by atoms with Crippen LogP contribution < -0.4 is 4.72 Å². The van der Waals surface area contributed by atoms with Gasteiger partial charge in [0.1, 0.15) is 0 Å². The molecule has 26 heavy (non-hydrogen) atoms. The van der Waals surface area contributed by atoms with E-state index in [2.05, 4.69) is 39.3 Å². The monoisotopic (exact) mass is 383 g/mol. The van der Waals surface area contributed by atoms with Gasteiger partial charge in [0.25, 0.3) is 0 Å². The maximum atomic E-state index is 13.2. The fourth-order valence-corrected chi connectivity index (χ4v) is 8.86. The fraction of sp³-hybridized carbons (Fsp3) is 0.952. The predicted octanol–water partition coefficient (Wildman–Crippen LogP) is 4.36. The molecule has 150 valence electrons. The van der Waals surface area contributed by atoms with E-state index in [1.807, 2.05) is 20.8 Å². The van der Waals surface area contributed by atoms with Crippen molar-refractivity contribution in [3.8, 4) is 0 Å². The molecular weight excluding hydrogens is 346 g/mol. The van der Waals surface area contributed by atoms with E-state index in [1.54, 1.807) is 0 Å². The zero-order valence-corrected chi connectivity index (χ0v) is 18.6. The van der Waals surface area contributed by atoms with Crippen molar-refractivity contribution in [3.63, 3.8) is 0 Å². The van der Waals surface area contributed by atoms with Crippen molar-refractivity contribution in [2.75, 3.05) is 0 Å². The van der Waals surface area contributed by atoms with Crippen molar-refractivity contribution in [2.24, 2.45) is 39.4 Å². The molecule has 3 fully saturated rings. The summed E-state index contributed by atoms with van der Waals surface area (Å²) in [6, 6.07) is 0. The highest BCUT2D eigenvalue weighted by Crippen LogP contribution is 2.86. The van der Waals surface area contributed by atoms with Gasteiger partial charge in [0.2, 0.25) is 15.9 Å². The normalized spacial score (nSPS) is 42.7. The van der Waals surface area contributed by atoms with Gasteiger partial charge in [0.05, 0.1) is 5.25 Å². The molecule has 1 amide bonds. The minimum atomic E-state index is -3.64. The van der Waals surface area contributed by atoms with Gasteiger partial charge in [-0.3, -0.25) is 9.52 Å². The second-order valence-electron chi connectivity index (χ2n) is 11.6. The molecule has 0 aromatic rings. The number of amides is 1. The Labute approximate surface area is 159 Å². The van der Waals surface area contributed by atoms with Crippen molar-refractivity contribution < 1.29 is 13.2 Å². The van der Waals surface area contributed by atoms with Crippen LogP contribution in [0.15, 0.2) is 0 Å². The molecule has 3 aliphatic rings. The molecule has 3 saturated carbocycles. The van der Waals surface area contributed by atoms with E-state index in [4.69, 9.17) is 0 Å². The lowest BCUT2D eigenvalue weighted by Crippen LogP contribution is -2.70. The summed E-state index contributed by atoms with van der Waals surface area (Å²) in [5.41, 5.74) is 0.260. The number of nitrogens with one attached hydrogen (secondary N) is 1. The topological polar surface area (TPSA) is 63.2 Å². The molecule has 0 radical (unpaired) electrons. The Kier molecular flexibility index (Phi) is 4.25. The van der Waals surface area contributed by atoms with Crippen LogP contribution in [0.4, 0.5) is 0 Å². The first kappa shape index (κ1) is 20.2. The maximum absolute atomic E-state index is 13.2. The lowest BCUT2D eigenvalue weighted by Gasteiger charge is -2.76. The number of sulfonamides is 1. The van der Waals surface area contributed by atoms with Gasteiger partial charge in [-0.15, -0.1) is 0 Å². The second kappa shape index (κ2) is 5.48. The molecule has 0 bridgehead atoms. The third kappa shape index (κ3) is 2.51. The highest BCUT2D eigenvalue weighted by molar-refractivity contribution is 7.90. The van der Waals surface area contributed by atoms with Gasteiger partial charge in [-0.1, -0.05) is 55.4 Å². The van der Waals surface area contributed by atoms with E-state index in [9.17, 15) is 13.2 Å².